The second-order valence-electron chi connectivity index (χ2n) is 9.74. The third kappa shape index (κ3) is 10.5. The number of carboxylic acid groups (broad SMARTS) is 1. The number of carbonyl (C=O) groups excluding carboxylic acids is 1. The van der Waals surface area contributed by atoms with Crippen LogP contribution in [0, 0.1) is 18.8 Å². The molecule has 0 saturated carbocycles. The first-order chi connectivity index (χ1) is 19.5. The number of nitrogens with two attached hydrogens (primary N) is 1. The van der Waals surface area contributed by atoms with Crippen molar-refractivity contribution in [3.63, 3.8) is 0 Å². The van der Waals surface area contributed by atoms with Gasteiger partial charge in [0.25, 0.3) is 0 Å². The molecule has 8 heteroatoms. The van der Waals surface area contributed by atoms with Gasteiger partial charge in [-0.1, -0.05) is 77.5 Å². The van der Waals surface area contributed by atoms with E-state index in [1.165, 1.54) is 23.3 Å². The lowest BCUT2D eigenvalue weighted by molar-refractivity contribution is -0.163. The van der Waals surface area contributed by atoms with Crippen molar-refractivity contribution in [1.82, 2.24) is 4.90 Å². The van der Waals surface area contributed by atoms with Crippen LogP contribution in [-0.2, 0) is 16.0 Å². The fourth-order valence-electron chi connectivity index (χ4n) is 4.89. The Morgan fingerprint density at radius 3 is 2.34 bits per heavy atom. The van der Waals surface area contributed by atoms with E-state index in [-0.39, 0.29) is 30.2 Å². The molecule has 2 aliphatic rings. The molecule has 2 aliphatic heterocycles. The average molecular weight is 573 g/mol. The van der Waals surface area contributed by atoms with Gasteiger partial charge < -0.3 is 30.7 Å². The standard InChI is InChI=1S/C23H31NO5.C7H11N.C2H6.CH4O/c1-5-6-7-8-16-9-10-18(13(2)11-16)29-12-17-14(3)20-19(15(4)25)22(26)24(20)21(17)23(27)28;1-3-4-5-6-7(2)8;2*1-2/h9-11,14-15,19-20,25H,5-8,12H2,1-4H3,(H,27,28);3-6H,2,8H2,1H3;1-2H3;2H,1H3/b;4-3-,6-5-;;. The Bertz CT molecular complexity index is 1070. The third-order valence-electron chi connectivity index (χ3n) is 6.82. The summed E-state index contributed by atoms with van der Waals surface area (Å²) < 4.78 is 5.99. The summed E-state index contributed by atoms with van der Waals surface area (Å²) in [6.07, 6.45) is 11.2. The molecule has 0 aliphatic carbocycles. The average Bonchev–Trinajstić information content (AvgIpc) is 3.18. The molecule has 4 unspecified atom stereocenters. The Hall–Kier alpha value is -3.36. The number of carbonyl (C=O) groups is 2. The van der Waals surface area contributed by atoms with Gasteiger partial charge in [-0.3, -0.25) is 4.79 Å². The second-order valence-corrected chi connectivity index (χ2v) is 9.74. The normalized spacial score (nSPS) is 19.7. The molecule has 1 amide bonds. The van der Waals surface area contributed by atoms with E-state index in [2.05, 4.69) is 25.6 Å². The summed E-state index contributed by atoms with van der Waals surface area (Å²) in [5.41, 5.74) is 8.71. The monoisotopic (exact) mass is 572 g/mol. The number of carboxylic acids is 1. The minimum absolute atomic E-state index is 0.0123. The van der Waals surface area contributed by atoms with Crippen LogP contribution >= 0.6 is 0 Å². The number of aliphatic carboxylic acids is 1. The summed E-state index contributed by atoms with van der Waals surface area (Å²) in [6, 6.07) is 5.81. The van der Waals surface area contributed by atoms with Gasteiger partial charge in [-0.25, -0.2) is 4.79 Å². The van der Waals surface area contributed by atoms with Crippen molar-refractivity contribution < 1.29 is 29.6 Å². The third-order valence-corrected chi connectivity index (χ3v) is 6.82. The molecule has 8 nitrogen and oxygen atoms in total. The van der Waals surface area contributed by atoms with Crippen molar-refractivity contribution in [2.24, 2.45) is 17.6 Å². The summed E-state index contributed by atoms with van der Waals surface area (Å²) in [5, 5.41) is 26.6. The van der Waals surface area contributed by atoms with Gasteiger partial charge in [0.15, 0.2) is 0 Å². The highest BCUT2D eigenvalue weighted by molar-refractivity contribution is 6.00. The first-order valence-electron chi connectivity index (χ1n) is 14.4. The minimum atomic E-state index is -1.13. The SMILES string of the molecule is C=C(N)/C=C\C=C/C.CC.CCCCCc1ccc(OCC2=C(C(=O)O)N3C(=O)C(C(C)O)C3C2C)c(C)c1.CO. The molecule has 1 saturated heterocycles. The number of amides is 1. The van der Waals surface area contributed by atoms with Gasteiger partial charge in [-0.05, 0) is 56.9 Å². The maximum Gasteiger partial charge on any atom is 0.352 e. The molecule has 0 radical (unpaired) electrons. The van der Waals surface area contributed by atoms with Gasteiger partial charge in [-0.15, -0.1) is 0 Å². The molecule has 4 atom stereocenters. The lowest BCUT2D eigenvalue weighted by Crippen LogP contribution is -2.63. The Labute approximate surface area is 246 Å². The molecule has 5 N–H and O–H groups in total. The van der Waals surface area contributed by atoms with Crippen LogP contribution in [0.15, 0.2) is 66.0 Å². The number of aliphatic hydroxyl groups is 2. The Kier molecular flexibility index (Phi) is 18.1. The minimum Gasteiger partial charge on any atom is -0.489 e. The molecule has 1 fully saturated rings. The summed E-state index contributed by atoms with van der Waals surface area (Å²) in [6.45, 7) is 17.2. The number of benzene rings is 1. The Balaban J connectivity index is 0.00000114. The molecular weight excluding hydrogens is 520 g/mol. The fourth-order valence-corrected chi connectivity index (χ4v) is 4.89. The van der Waals surface area contributed by atoms with E-state index in [0.717, 1.165) is 31.3 Å². The first-order valence-corrected chi connectivity index (χ1v) is 14.4. The predicted molar refractivity (Wildman–Crippen MR) is 166 cm³/mol. The first kappa shape index (κ1) is 37.6. The summed E-state index contributed by atoms with van der Waals surface area (Å²) in [5.74, 6) is -1.45. The van der Waals surface area contributed by atoms with Crippen LogP contribution in [-0.4, -0.2) is 58.0 Å². The maximum atomic E-state index is 12.4. The van der Waals surface area contributed by atoms with Gasteiger partial charge >= 0.3 is 5.97 Å². The molecule has 230 valence electrons. The van der Waals surface area contributed by atoms with E-state index in [4.69, 9.17) is 15.6 Å². The molecule has 1 aromatic carbocycles. The van der Waals surface area contributed by atoms with Crippen molar-refractivity contribution in [3.8, 4) is 5.75 Å². The molecule has 2 heterocycles. The maximum absolute atomic E-state index is 12.4. The number of hydrogen-bond donors (Lipinski definition) is 4. The molecule has 1 aromatic rings. The van der Waals surface area contributed by atoms with Gasteiger partial charge in [-0.2, -0.15) is 0 Å². The number of allylic oxidation sites excluding steroid dienone is 4. The van der Waals surface area contributed by atoms with Gasteiger partial charge in [0, 0.05) is 24.3 Å². The summed E-state index contributed by atoms with van der Waals surface area (Å²) in [7, 11) is 1.00. The number of aliphatic hydroxyl groups excluding tert-OH is 2. The zero-order valence-corrected chi connectivity index (χ0v) is 26.2. The van der Waals surface area contributed by atoms with E-state index >= 15 is 0 Å². The van der Waals surface area contributed by atoms with Crippen molar-refractivity contribution in [3.05, 3.63) is 77.2 Å². The molecule has 0 bridgehead atoms. The molecule has 0 spiro atoms. The van der Waals surface area contributed by atoms with Crippen molar-refractivity contribution in [1.29, 1.82) is 0 Å². The number of ether oxygens (including phenoxy) is 1. The van der Waals surface area contributed by atoms with Crippen LogP contribution in [0.5, 0.6) is 5.75 Å². The van der Waals surface area contributed by atoms with Crippen LogP contribution in [0.1, 0.15) is 71.9 Å². The molecule has 3 rings (SSSR count). The second kappa shape index (κ2) is 19.7. The summed E-state index contributed by atoms with van der Waals surface area (Å²) in [4.78, 5) is 25.6. The van der Waals surface area contributed by atoms with Crippen molar-refractivity contribution in [2.75, 3.05) is 13.7 Å². The number of hydrogen-bond acceptors (Lipinski definition) is 6. The van der Waals surface area contributed by atoms with Crippen LogP contribution < -0.4 is 10.5 Å². The Morgan fingerprint density at radius 1 is 1.22 bits per heavy atom. The van der Waals surface area contributed by atoms with Crippen LogP contribution in [0.2, 0.25) is 0 Å². The largest absolute Gasteiger partial charge is 0.489 e. The number of aryl methyl sites for hydroxylation is 2. The van der Waals surface area contributed by atoms with Gasteiger partial charge in [0.1, 0.15) is 18.1 Å². The fraction of sp³-hybridized carbons (Fsp3) is 0.515. The van der Waals surface area contributed by atoms with Crippen molar-refractivity contribution >= 4 is 11.9 Å². The molecule has 0 aromatic heterocycles. The lowest BCUT2D eigenvalue weighted by Gasteiger charge is -2.46. The number of rotatable bonds is 11. The smallest absolute Gasteiger partial charge is 0.352 e. The number of β-lactam (4-membered cyclic amide) rings is 1. The van der Waals surface area contributed by atoms with E-state index < -0.39 is 18.0 Å². The van der Waals surface area contributed by atoms with E-state index in [0.29, 0.717) is 11.3 Å². The predicted octanol–water partition coefficient (Wildman–Crippen LogP) is 5.53. The van der Waals surface area contributed by atoms with E-state index in [1.807, 2.05) is 58.9 Å². The molecule has 41 heavy (non-hydrogen) atoms. The quantitative estimate of drug-likeness (QED) is 0.156. The lowest BCUT2D eigenvalue weighted by atomic mass is 9.78. The van der Waals surface area contributed by atoms with Crippen molar-refractivity contribution in [2.45, 2.75) is 86.3 Å². The number of unbranched alkanes of at least 4 members (excludes halogenated alkanes) is 2. The van der Waals surface area contributed by atoms with Gasteiger partial charge in [0.2, 0.25) is 5.91 Å². The Morgan fingerprint density at radius 2 is 1.85 bits per heavy atom. The topological polar surface area (TPSA) is 133 Å². The highest BCUT2D eigenvalue weighted by Gasteiger charge is 2.59. The highest BCUT2D eigenvalue weighted by atomic mass is 16.5. The summed E-state index contributed by atoms with van der Waals surface area (Å²) >= 11 is 0. The zero-order valence-electron chi connectivity index (χ0n) is 26.2. The van der Waals surface area contributed by atoms with Crippen LogP contribution in [0.4, 0.5) is 0 Å². The van der Waals surface area contributed by atoms with Crippen LogP contribution in [0.25, 0.3) is 0 Å². The number of fused-ring (bicyclic) bond motifs is 1. The zero-order chi connectivity index (χ0) is 31.7. The molecular formula is C33H52N2O6. The van der Waals surface area contributed by atoms with E-state index in [9.17, 15) is 19.8 Å². The number of nitrogens with zero attached hydrogens (tertiary/aromatic N) is 1. The highest BCUT2D eigenvalue weighted by Crippen LogP contribution is 2.47. The van der Waals surface area contributed by atoms with E-state index in [1.54, 1.807) is 13.0 Å². The van der Waals surface area contributed by atoms with Crippen LogP contribution in [0.3, 0.4) is 0 Å². The van der Waals surface area contributed by atoms with Gasteiger partial charge in [0.05, 0.1) is 18.1 Å².